The number of thiocarbonyl (C=S) groups is 1. The maximum atomic E-state index is 12.3. The van der Waals surface area contributed by atoms with Gasteiger partial charge in [-0.15, -0.1) is 0 Å². The van der Waals surface area contributed by atoms with Gasteiger partial charge in [-0.3, -0.25) is 14.4 Å². The van der Waals surface area contributed by atoms with E-state index in [-0.39, 0.29) is 16.6 Å². The molecule has 0 fully saturated rings. The third-order valence-electron chi connectivity index (χ3n) is 3.70. The number of sulfonamides is 1. The lowest BCUT2D eigenvalue weighted by Crippen LogP contribution is -2.54. The van der Waals surface area contributed by atoms with Crippen LogP contribution in [0.5, 0.6) is 0 Å². The molecule has 0 aliphatic carbocycles. The number of benzene rings is 1. The average molecular weight is 476 g/mol. The quantitative estimate of drug-likeness (QED) is 0.175. The molecule has 1 rings (SSSR count). The van der Waals surface area contributed by atoms with Gasteiger partial charge in [-0.25, -0.2) is 18.4 Å². The monoisotopic (exact) mass is 476 g/mol. The third kappa shape index (κ3) is 9.37. The second kappa shape index (κ2) is 11.2. The Morgan fingerprint density at radius 2 is 1.45 bits per heavy atom. The van der Waals surface area contributed by atoms with Gasteiger partial charge in [-0.2, -0.15) is 0 Å². The highest BCUT2D eigenvalue weighted by molar-refractivity contribution is 7.89. The van der Waals surface area contributed by atoms with E-state index in [1.165, 1.54) is 24.3 Å². The van der Waals surface area contributed by atoms with Gasteiger partial charge in [0.15, 0.2) is 5.11 Å². The molecule has 170 valence electrons. The predicted octanol–water partition coefficient (Wildman–Crippen LogP) is -1.81. The molecule has 8 N–H and O–H groups in total. The van der Waals surface area contributed by atoms with Crippen molar-refractivity contribution in [3.05, 3.63) is 29.8 Å². The fraction of sp³-hybridized carbons (Fsp3) is 0.312. The zero-order chi connectivity index (χ0) is 23.8. The van der Waals surface area contributed by atoms with E-state index in [0.717, 1.165) is 0 Å². The van der Waals surface area contributed by atoms with Crippen molar-refractivity contribution in [3.8, 4) is 0 Å². The normalized spacial score (nSPS) is 12.8. The Kier molecular flexibility index (Phi) is 9.29. The molecule has 0 heterocycles. The van der Waals surface area contributed by atoms with Crippen molar-refractivity contribution in [1.29, 1.82) is 0 Å². The summed E-state index contributed by atoms with van der Waals surface area (Å²) in [5.41, 5.74) is 0.586. The minimum absolute atomic E-state index is 0.0783. The summed E-state index contributed by atoms with van der Waals surface area (Å²) in [6, 6.07) is 2.22. The summed E-state index contributed by atoms with van der Waals surface area (Å²) in [7, 11) is -3.85. The van der Waals surface area contributed by atoms with E-state index in [4.69, 9.17) is 32.7 Å². The Balaban J connectivity index is 2.76. The summed E-state index contributed by atoms with van der Waals surface area (Å²) in [6.07, 6.45) is -1.67. The smallest absolute Gasteiger partial charge is 0.326 e. The number of amides is 1. The number of carboxylic acid groups (broad SMARTS) is 3. The van der Waals surface area contributed by atoms with E-state index in [0.29, 0.717) is 5.56 Å². The fourth-order valence-corrected chi connectivity index (χ4v) is 2.95. The number of primary sulfonamides is 1. The van der Waals surface area contributed by atoms with Crippen LogP contribution >= 0.6 is 12.2 Å². The molecule has 2 unspecified atom stereocenters. The zero-order valence-corrected chi connectivity index (χ0v) is 17.4. The molecule has 31 heavy (non-hydrogen) atoms. The van der Waals surface area contributed by atoms with Crippen molar-refractivity contribution in [3.63, 3.8) is 0 Å². The Labute approximate surface area is 181 Å². The highest BCUT2D eigenvalue weighted by Crippen LogP contribution is 2.08. The Hall–Kier alpha value is -3.30. The first kappa shape index (κ1) is 25.7. The first-order valence-corrected chi connectivity index (χ1v) is 10.4. The molecule has 0 radical (unpaired) electrons. The van der Waals surface area contributed by atoms with Crippen LogP contribution in [0, 0.1) is 0 Å². The van der Waals surface area contributed by atoms with E-state index in [1.54, 1.807) is 0 Å². The van der Waals surface area contributed by atoms with Crippen LogP contribution in [0.25, 0.3) is 0 Å². The van der Waals surface area contributed by atoms with Gasteiger partial charge in [0.05, 0.1) is 17.7 Å². The van der Waals surface area contributed by atoms with Gasteiger partial charge in [0, 0.05) is 6.54 Å². The van der Waals surface area contributed by atoms with Crippen LogP contribution < -0.4 is 21.1 Å². The molecule has 13 nitrogen and oxygen atoms in total. The van der Waals surface area contributed by atoms with Crippen LogP contribution in [0.3, 0.4) is 0 Å². The van der Waals surface area contributed by atoms with Crippen LogP contribution in [0.2, 0.25) is 0 Å². The Morgan fingerprint density at radius 3 is 1.90 bits per heavy atom. The summed E-state index contributed by atoms with van der Waals surface area (Å²) >= 11 is 5.00. The molecule has 0 spiro atoms. The minimum Gasteiger partial charge on any atom is -0.481 e. The van der Waals surface area contributed by atoms with E-state index in [1.807, 2.05) is 5.32 Å². The Bertz CT molecular complexity index is 964. The SMILES string of the molecule is NS(=O)(=O)c1ccc(CNC(=S)NC(CC(=O)O)C(=O)NC(CC(=O)O)C(=O)O)cc1. The lowest BCUT2D eigenvalue weighted by molar-refractivity contribution is -0.147. The van der Waals surface area contributed by atoms with Gasteiger partial charge < -0.3 is 31.3 Å². The summed E-state index contributed by atoms with van der Waals surface area (Å²) < 4.78 is 22.5. The second-order valence-corrected chi connectivity index (χ2v) is 8.13. The largest absolute Gasteiger partial charge is 0.481 e. The summed E-state index contributed by atoms with van der Waals surface area (Å²) in [6.45, 7) is 0.0783. The second-order valence-electron chi connectivity index (χ2n) is 6.16. The average Bonchev–Trinajstić information content (AvgIpc) is 2.64. The van der Waals surface area contributed by atoms with Crippen LogP contribution in [0.4, 0.5) is 0 Å². The third-order valence-corrected chi connectivity index (χ3v) is 4.89. The first-order chi connectivity index (χ1) is 14.3. The molecule has 0 saturated carbocycles. The molecule has 1 aromatic carbocycles. The molecule has 15 heteroatoms. The van der Waals surface area contributed by atoms with Crippen LogP contribution in [0.1, 0.15) is 18.4 Å². The minimum atomic E-state index is -3.85. The van der Waals surface area contributed by atoms with Crippen LogP contribution in [-0.2, 0) is 35.7 Å². The van der Waals surface area contributed by atoms with E-state index >= 15 is 0 Å². The number of carbonyl (C=O) groups excluding carboxylic acids is 1. The number of carbonyl (C=O) groups is 4. The maximum Gasteiger partial charge on any atom is 0.326 e. The van der Waals surface area contributed by atoms with Gasteiger partial charge in [0.2, 0.25) is 15.9 Å². The van der Waals surface area contributed by atoms with Crippen LogP contribution in [-0.4, -0.2) is 64.7 Å². The number of carboxylic acids is 3. The summed E-state index contributed by atoms with van der Waals surface area (Å²) in [4.78, 5) is 45.0. The van der Waals surface area contributed by atoms with Crippen molar-refractivity contribution >= 4 is 51.2 Å². The van der Waals surface area contributed by atoms with Crippen molar-refractivity contribution < 1.29 is 42.9 Å². The maximum absolute atomic E-state index is 12.3. The zero-order valence-electron chi connectivity index (χ0n) is 15.8. The molecule has 0 aliphatic rings. The molecular weight excluding hydrogens is 456 g/mol. The number of hydrogen-bond donors (Lipinski definition) is 7. The number of hydrogen-bond acceptors (Lipinski definition) is 7. The molecule has 1 aromatic rings. The molecule has 0 aliphatic heterocycles. The van der Waals surface area contributed by atoms with Gasteiger partial charge >= 0.3 is 17.9 Å². The van der Waals surface area contributed by atoms with E-state index in [9.17, 15) is 27.6 Å². The molecule has 2 atom stereocenters. The topological polar surface area (TPSA) is 225 Å². The number of nitrogens with two attached hydrogens (primary N) is 1. The predicted molar refractivity (Wildman–Crippen MR) is 108 cm³/mol. The standard InChI is InChI=1S/C16H20N4O9S2/c17-31(28,29)9-3-1-8(2-4-9)7-18-16(30)20-10(5-12(21)22)14(25)19-11(15(26)27)6-13(23)24/h1-4,10-11H,5-7H2,(H,19,25)(H,21,22)(H,23,24)(H,26,27)(H2,17,28,29)(H2,18,20,30). The lowest BCUT2D eigenvalue weighted by Gasteiger charge is -2.21. The van der Waals surface area contributed by atoms with Crippen molar-refractivity contribution in [2.24, 2.45) is 5.14 Å². The molecule has 0 aromatic heterocycles. The highest BCUT2D eigenvalue weighted by atomic mass is 32.2. The van der Waals surface area contributed by atoms with E-state index < -0.39 is 58.8 Å². The number of nitrogens with one attached hydrogen (secondary N) is 3. The highest BCUT2D eigenvalue weighted by Gasteiger charge is 2.29. The van der Waals surface area contributed by atoms with Gasteiger partial charge in [-0.05, 0) is 29.9 Å². The first-order valence-electron chi connectivity index (χ1n) is 8.42. The van der Waals surface area contributed by atoms with Crippen LogP contribution in [0.15, 0.2) is 29.2 Å². The molecular formula is C16H20N4O9S2. The molecule has 1 amide bonds. The van der Waals surface area contributed by atoms with Crippen molar-refractivity contribution in [2.45, 2.75) is 36.4 Å². The number of aliphatic carboxylic acids is 3. The fourth-order valence-electron chi connectivity index (χ4n) is 2.22. The molecule has 0 saturated heterocycles. The molecule has 0 bridgehead atoms. The van der Waals surface area contributed by atoms with Gasteiger partial charge in [0.1, 0.15) is 12.1 Å². The van der Waals surface area contributed by atoms with Gasteiger partial charge in [-0.1, -0.05) is 12.1 Å². The summed E-state index contributed by atoms with van der Waals surface area (Å²) in [5.74, 6) is -5.54. The van der Waals surface area contributed by atoms with Gasteiger partial charge in [0.25, 0.3) is 0 Å². The lowest BCUT2D eigenvalue weighted by atomic mass is 10.1. The summed E-state index contributed by atoms with van der Waals surface area (Å²) in [5, 5.41) is 38.6. The van der Waals surface area contributed by atoms with E-state index in [2.05, 4.69) is 10.6 Å². The van der Waals surface area contributed by atoms with Crippen molar-refractivity contribution in [2.75, 3.05) is 0 Å². The number of rotatable bonds is 11. The van der Waals surface area contributed by atoms with Crippen molar-refractivity contribution in [1.82, 2.24) is 16.0 Å². The Morgan fingerprint density at radius 1 is 0.935 bits per heavy atom.